The van der Waals surface area contributed by atoms with Crippen LogP contribution in [0.15, 0.2) is 0 Å². The minimum atomic E-state index is -0.552. The molecule has 1 atom stereocenters. The average Bonchev–Trinajstić information content (AvgIpc) is 2.70. The Kier molecular flexibility index (Phi) is 4.93. The van der Waals surface area contributed by atoms with Crippen molar-refractivity contribution in [2.75, 3.05) is 18.6 Å². The summed E-state index contributed by atoms with van der Waals surface area (Å²) < 4.78 is 0. The first-order valence-electron chi connectivity index (χ1n) is 5.65. The maximum Gasteiger partial charge on any atom is 0.238 e. The molecule has 0 bridgehead atoms. The molecule has 1 aliphatic carbocycles. The number of hydrogen-bond acceptors (Lipinski definition) is 3. The molecule has 0 radical (unpaired) electrons. The highest BCUT2D eigenvalue weighted by Gasteiger charge is 2.29. The molecule has 1 fully saturated rings. The number of likely N-dealkylation sites (N-methyl/N-ethyl adjacent to an activating group) is 1. The molecule has 15 heavy (non-hydrogen) atoms. The largest absolute Gasteiger partial charge is 0.368 e. The normalized spacial score (nSPS) is 21.5. The molecule has 0 aromatic carbocycles. The van der Waals surface area contributed by atoms with Gasteiger partial charge in [-0.25, -0.2) is 0 Å². The fraction of sp³-hybridized carbons (Fsp3) is 0.909. The molecular weight excluding hydrogens is 208 g/mol. The number of rotatable bonds is 6. The fourth-order valence-electron chi connectivity index (χ4n) is 1.87. The van der Waals surface area contributed by atoms with E-state index in [-0.39, 0.29) is 5.91 Å². The van der Waals surface area contributed by atoms with Gasteiger partial charge in [-0.3, -0.25) is 4.79 Å². The van der Waals surface area contributed by atoms with E-state index in [2.05, 4.69) is 5.32 Å². The molecule has 4 heteroatoms. The molecule has 1 saturated carbocycles. The number of amides is 1. The van der Waals surface area contributed by atoms with Crippen LogP contribution in [-0.2, 0) is 4.79 Å². The van der Waals surface area contributed by atoms with Crippen molar-refractivity contribution in [1.82, 2.24) is 5.32 Å². The first-order chi connectivity index (χ1) is 7.08. The van der Waals surface area contributed by atoms with Crippen molar-refractivity contribution in [3.8, 4) is 0 Å². The molecule has 1 unspecified atom stereocenters. The van der Waals surface area contributed by atoms with E-state index in [0.29, 0.717) is 0 Å². The van der Waals surface area contributed by atoms with Crippen molar-refractivity contribution in [2.24, 2.45) is 11.7 Å². The number of nitrogens with one attached hydrogen (secondary N) is 1. The van der Waals surface area contributed by atoms with Gasteiger partial charge in [-0.05, 0) is 38.5 Å². The molecule has 0 saturated heterocycles. The summed E-state index contributed by atoms with van der Waals surface area (Å²) in [4.78, 5) is 11.2. The Labute approximate surface area is 96.6 Å². The molecule has 0 heterocycles. The van der Waals surface area contributed by atoms with E-state index >= 15 is 0 Å². The first-order valence-corrected chi connectivity index (χ1v) is 6.80. The number of thioether (sulfide) groups is 1. The summed E-state index contributed by atoms with van der Waals surface area (Å²) in [6.07, 6.45) is 5.48. The van der Waals surface area contributed by atoms with Gasteiger partial charge in [0, 0.05) is 5.75 Å². The van der Waals surface area contributed by atoms with Crippen molar-refractivity contribution in [3.05, 3.63) is 0 Å². The number of hydrogen-bond donors (Lipinski definition) is 2. The van der Waals surface area contributed by atoms with E-state index in [1.165, 1.54) is 31.4 Å². The lowest BCUT2D eigenvalue weighted by Crippen LogP contribution is -2.53. The van der Waals surface area contributed by atoms with Crippen molar-refractivity contribution in [3.63, 3.8) is 0 Å². The second-order valence-electron chi connectivity index (χ2n) is 4.61. The first kappa shape index (κ1) is 12.8. The van der Waals surface area contributed by atoms with Gasteiger partial charge in [-0.1, -0.05) is 12.8 Å². The van der Waals surface area contributed by atoms with Crippen LogP contribution in [0.1, 0.15) is 32.6 Å². The molecule has 0 aromatic rings. The van der Waals surface area contributed by atoms with Gasteiger partial charge in [-0.2, -0.15) is 11.8 Å². The summed E-state index contributed by atoms with van der Waals surface area (Å²) in [5.41, 5.74) is 4.81. The lowest BCUT2D eigenvalue weighted by molar-refractivity contribution is -0.122. The van der Waals surface area contributed by atoms with Crippen molar-refractivity contribution in [2.45, 2.75) is 38.1 Å². The summed E-state index contributed by atoms with van der Waals surface area (Å²) >= 11 is 1.85. The van der Waals surface area contributed by atoms with Gasteiger partial charge in [0.1, 0.15) is 5.54 Å². The van der Waals surface area contributed by atoms with Gasteiger partial charge in [-0.15, -0.1) is 0 Å². The Morgan fingerprint density at radius 3 is 2.60 bits per heavy atom. The van der Waals surface area contributed by atoms with Crippen molar-refractivity contribution in [1.29, 1.82) is 0 Å². The third-order valence-electron chi connectivity index (χ3n) is 3.31. The Bertz CT molecular complexity index is 217. The Hall–Kier alpha value is -0.220. The number of carbonyl (C=O) groups is 1. The Balaban J connectivity index is 2.25. The third kappa shape index (κ3) is 3.68. The van der Waals surface area contributed by atoms with Crippen LogP contribution >= 0.6 is 11.8 Å². The fourth-order valence-corrected chi connectivity index (χ4v) is 3.35. The molecule has 88 valence electrons. The molecule has 3 N–H and O–H groups in total. The van der Waals surface area contributed by atoms with E-state index in [1.807, 2.05) is 18.7 Å². The maximum absolute atomic E-state index is 11.2. The summed E-state index contributed by atoms with van der Waals surface area (Å²) in [6, 6.07) is 0. The van der Waals surface area contributed by atoms with E-state index in [4.69, 9.17) is 5.73 Å². The predicted octanol–water partition coefficient (Wildman–Crippen LogP) is 1.37. The number of nitrogens with two attached hydrogens (primary N) is 1. The number of primary amides is 1. The third-order valence-corrected chi connectivity index (χ3v) is 4.80. The van der Waals surface area contributed by atoms with Crippen LogP contribution < -0.4 is 11.1 Å². The quantitative estimate of drug-likeness (QED) is 0.724. The molecule has 1 amide bonds. The average molecular weight is 230 g/mol. The SMILES string of the molecule is CNC(C)(CSCC1CCCC1)C(N)=O. The molecule has 1 aliphatic rings. The van der Waals surface area contributed by atoms with Crippen LogP contribution in [0, 0.1) is 5.92 Å². The maximum atomic E-state index is 11.2. The van der Waals surface area contributed by atoms with Crippen molar-refractivity contribution >= 4 is 17.7 Å². The lowest BCUT2D eigenvalue weighted by atomic mass is 10.1. The minimum absolute atomic E-state index is 0.260. The van der Waals surface area contributed by atoms with Crippen LogP contribution in [0.5, 0.6) is 0 Å². The van der Waals surface area contributed by atoms with Crippen LogP contribution in [-0.4, -0.2) is 30.0 Å². The van der Waals surface area contributed by atoms with Gasteiger partial charge >= 0.3 is 0 Å². The molecule has 1 rings (SSSR count). The zero-order chi connectivity index (χ0) is 11.3. The van der Waals surface area contributed by atoms with Crippen LogP contribution in [0.4, 0.5) is 0 Å². The second kappa shape index (κ2) is 5.75. The standard InChI is InChI=1S/C11H22N2OS/c1-11(13-2,10(12)14)8-15-7-9-5-3-4-6-9/h9,13H,3-8H2,1-2H3,(H2,12,14). The van der Waals surface area contributed by atoms with Gasteiger partial charge in [0.25, 0.3) is 0 Å². The Morgan fingerprint density at radius 1 is 1.53 bits per heavy atom. The molecular formula is C11H22N2OS. The summed E-state index contributed by atoms with van der Waals surface area (Å²) in [7, 11) is 1.79. The van der Waals surface area contributed by atoms with Crippen LogP contribution in [0.3, 0.4) is 0 Å². The molecule has 0 aromatic heterocycles. The Morgan fingerprint density at radius 2 is 2.13 bits per heavy atom. The van der Waals surface area contributed by atoms with Gasteiger partial charge < -0.3 is 11.1 Å². The highest BCUT2D eigenvalue weighted by molar-refractivity contribution is 7.99. The zero-order valence-corrected chi connectivity index (χ0v) is 10.5. The van der Waals surface area contributed by atoms with Gasteiger partial charge in [0.2, 0.25) is 5.91 Å². The lowest BCUT2D eigenvalue weighted by Gasteiger charge is -2.25. The van der Waals surface area contributed by atoms with Gasteiger partial charge in [0.15, 0.2) is 0 Å². The second-order valence-corrected chi connectivity index (χ2v) is 5.64. The minimum Gasteiger partial charge on any atom is -0.368 e. The summed E-state index contributed by atoms with van der Waals surface area (Å²) in [6.45, 7) is 1.87. The summed E-state index contributed by atoms with van der Waals surface area (Å²) in [5, 5.41) is 3.01. The topological polar surface area (TPSA) is 55.1 Å². The number of carbonyl (C=O) groups excluding carboxylic acids is 1. The molecule has 0 aliphatic heterocycles. The molecule has 0 spiro atoms. The van der Waals surface area contributed by atoms with E-state index in [9.17, 15) is 4.79 Å². The highest BCUT2D eigenvalue weighted by Crippen LogP contribution is 2.28. The van der Waals surface area contributed by atoms with E-state index in [0.717, 1.165) is 11.7 Å². The smallest absolute Gasteiger partial charge is 0.238 e. The highest BCUT2D eigenvalue weighted by atomic mass is 32.2. The summed E-state index contributed by atoms with van der Waals surface area (Å²) in [5.74, 6) is 2.55. The zero-order valence-electron chi connectivity index (χ0n) is 9.71. The predicted molar refractivity (Wildman–Crippen MR) is 65.9 cm³/mol. The van der Waals surface area contributed by atoms with E-state index < -0.39 is 5.54 Å². The van der Waals surface area contributed by atoms with Crippen LogP contribution in [0.25, 0.3) is 0 Å². The van der Waals surface area contributed by atoms with E-state index in [1.54, 1.807) is 7.05 Å². The monoisotopic (exact) mass is 230 g/mol. The van der Waals surface area contributed by atoms with Gasteiger partial charge in [0.05, 0.1) is 0 Å². The van der Waals surface area contributed by atoms with Crippen LogP contribution in [0.2, 0.25) is 0 Å². The van der Waals surface area contributed by atoms with Crippen molar-refractivity contribution < 1.29 is 4.79 Å². The molecule has 3 nitrogen and oxygen atoms in total.